The zero-order valence-corrected chi connectivity index (χ0v) is 24.3. The van der Waals surface area contributed by atoms with Gasteiger partial charge in [0.1, 0.15) is 6.04 Å². The van der Waals surface area contributed by atoms with Crippen LogP contribution >= 0.6 is 0 Å². The minimum Gasteiger partial charge on any atom is -0.480 e. The summed E-state index contributed by atoms with van der Waals surface area (Å²) in [6, 6.07) is 4.84. The van der Waals surface area contributed by atoms with Crippen LogP contribution < -0.4 is 32.6 Å². The molecule has 0 aliphatic heterocycles. The second-order valence-electron chi connectivity index (χ2n) is 9.64. The molecule has 1 aromatic carbocycles. The number of aliphatic carboxylic acids is 2. The number of nitrogens with two attached hydrogens (primary N) is 1. The number of nitrogens with one attached hydrogen (secondary N) is 5. The molecule has 0 aliphatic carbocycles. The summed E-state index contributed by atoms with van der Waals surface area (Å²) in [5.74, 6) is -4.21. The number of benzene rings is 1. The Morgan fingerprint density at radius 2 is 1.71 bits per heavy atom. The molecule has 2 aromatic heterocycles. The Bertz CT molecular complexity index is 1650. The molecule has 0 spiro atoms. The van der Waals surface area contributed by atoms with Crippen LogP contribution in [0.25, 0.3) is 11.2 Å². The molecule has 3 rings (SSSR count). The van der Waals surface area contributed by atoms with Crippen LogP contribution in [0.5, 0.6) is 0 Å². The van der Waals surface area contributed by atoms with Gasteiger partial charge >= 0.3 is 11.9 Å². The normalized spacial score (nSPS) is 11.8. The molecule has 0 radical (unpaired) electrons. The first-order valence-electron chi connectivity index (χ1n) is 13.8. The lowest BCUT2D eigenvalue weighted by Gasteiger charge is -2.15. The van der Waals surface area contributed by atoms with E-state index in [1.807, 2.05) is 0 Å². The van der Waals surface area contributed by atoms with Gasteiger partial charge in [-0.25, -0.2) is 19.6 Å². The number of aromatic nitrogens is 4. The fourth-order valence-corrected chi connectivity index (χ4v) is 3.97. The van der Waals surface area contributed by atoms with Crippen molar-refractivity contribution >= 4 is 52.5 Å². The van der Waals surface area contributed by atoms with Crippen molar-refractivity contribution in [2.45, 2.75) is 45.2 Å². The first-order chi connectivity index (χ1) is 21.5. The summed E-state index contributed by atoms with van der Waals surface area (Å²) in [7, 11) is 0. The lowest BCUT2D eigenvalue weighted by atomic mass is 10.1. The van der Waals surface area contributed by atoms with Crippen molar-refractivity contribution in [3.8, 4) is 0 Å². The number of nitrogen functional groups attached to an aromatic ring is 1. The molecule has 45 heavy (non-hydrogen) atoms. The van der Waals surface area contributed by atoms with E-state index in [2.05, 4.69) is 41.2 Å². The maximum absolute atomic E-state index is 12.7. The van der Waals surface area contributed by atoms with Crippen LogP contribution in [0.2, 0.25) is 0 Å². The van der Waals surface area contributed by atoms with Gasteiger partial charge in [-0.05, 0) is 37.1 Å². The maximum atomic E-state index is 12.7. The van der Waals surface area contributed by atoms with E-state index < -0.39 is 41.3 Å². The second-order valence-corrected chi connectivity index (χ2v) is 9.64. The summed E-state index contributed by atoms with van der Waals surface area (Å²) in [5.41, 5.74) is 6.38. The number of aromatic amines is 1. The van der Waals surface area contributed by atoms with Crippen LogP contribution in [0.3, 0.4) is 0 Å². The fourth-order valence-electron chi connectivity index (χ4n) is 3.97. The van der Waals surface area contributed by atoms with Crippen molar-refractivity contribution in [2.24, 2.45) is 0 Å². The number of carboxylic acids is 2. The number of amides is 3. The topological polar surface area (TPSA) is 271 Å². The van der Waals surface area contributed by atoms with Crippen LogP contribution in [-0.2, 0) is 25.7 Å². The summed E-state index contributed by atoms with van der Waals surface area (Å²) in [6.45, 7) is 2.06. The predicted octanol–water partition coefficient (Wildman–Crippen LogP) is -0.0859. The smallest absolute Gasteiger partial charge is 0.331 e. The predicted molar refractivity (Wildman–Crippen MR) is 161 cm³/mol. The van der Waals surface area contributed by atoms with Gasteiger partial charge in [0.15, 0.2) is 11.2 Å². The number of hydrogen-bond acceptors (Lipinski definition) is 11. The van der Waals surface area contributed by atoms with Gasteiger partial charge in [0.2, 0.25) is 17.8 Å². The van der Waals surface area contributed by atoms with E-state index in [4.69, 9.17) is 10.8 Å². The van der Waals surface area contributed by atoms with Crippen LogP contribution in [-0.4, -0.2) is 78.9 Å². The van der Waals surface area contributed by atoms with Crippen LogP contribution in [0, 0.1) is 0 Å². The first-order valence-corrected chi connectivity index (χ1v) is 13.8. The molecule has 17 heteroatoms. The van der Waals surface area contributed by atoms with E-state index in [0.29, 0.717) is 17.8 Å². The molecule has 2 heterocycles. The largest absolute Gasteiger partial charge is 0.480 e. The molecular formula is C28H33N9O8. The number of hydrogen-bond donors (Lipinski definition) is 8. The molecule has 0 unspecified atom stereocenters. The molecule has 9 N–H and O–H groups in total. The van der Waals surface area contributed by atoms with Crippen molar-refractivity contribution in [1.29, 1.82) is 0 Å². The number of H-pyrrole nitrogens is 1. The number of carbonyl (C=O) groups excluding carboxylic acids is 3. The Morgan fingerprint density at radius 1 is 1.02 bits per heavy atom. The quantitative estimate of drug-likeness (QED) is 0.0766. The van der Waals surface area contributed by atoms with Crippen molar-refractivity contribution in [1.82, 2.24) is 35.9 Å². The summed E-state index contributed by atoms with van der Waals surface area (Å²) >= 11 is 0. The Kier molecular flexibility index (Phi) is 12.0. The SMILES string of the molecule is CC/C=C(/CC(=O)NCCNC(=O)CC[C@H](NC(=O)c1ccc(NCc2cnc3nc(N)[nH]c(=O)c3n2)cc1)C(=O)O)C(=O)O. The number of allylic oxidation sites excluding steroid dienone is 1. The summed E-state index contributed by atoms with van der Waals surface area (Å²) in [4.78, 5) is 86.2. The molecule has 0 aliphatic rings. The Morgan fingerprint density at radius 3 is 2.36 bits per heavy atom. The minimum absolute atomic E-state index is 0.0228. The highest BCUT2D eigenvalue weighted by atomic mass is 16.4. The highest BCUT2D eigenvalue weighted by molar-refractivity contribution is 5.97. The van der Waals surface area contributed by atoms with E-state index in [9.17, 15) is 33.9 Å². The van der Waals surface area contributed by atoms with Gasteiger partial charge in [0.05, 0.1) is 24.9 Å². The van der Waals surface area contributed by atoms with Gasteiger partial charge in [-0.2, -0.15) is 4.98 Å². The maximum Gasteiger partial charge on any atom is 0.331 e. The lowest BCUT2D eigenvalue weighted by molar-refractivity contribution is -0.139. The molecule has 3 aromatic rings. The Labute approximate surface area is 255 Å². The summed E-state index contributed by atoms with van der Waals surface area (Å²) in [5, 5.41) is 29.1. The average molecular weight is 624 g/mol. The highest BCUT2D eigenvalue weighted by Crippen LogP contribution is 2.12. The van der Waals surface area contributed by atoms with Crippen LogP contribution in [0.1, 0.15) is 48.7 Å². The fraction of sp³-hybridized carbons (Fsp3) is 0.321. The standard InChI is InChI=1S/C28H33N9O8/c1-2-3-16(26(42)43)12-21(39)31-11-10-30-20(38)9-8-19(27(44)45)35-24(40)15-4-6-17(7-5-15)32-13-18-14-33-23-22(34-18)25(41)37-28(29)36-23/h3-7,14,19,32H,2,8-13H2,1H3,(H,30,38)(H,31,39)(H,35,40)(H,42,43)(H,44,45)(H3,29,33,36,37,41)/b16-3-/t19-/m0/s1. The van der Waals surface area contributed by atoms with Gasteiger partial charge in [-0.15, -0.1) is 0 Å². The second kappa shape index (κ2) is 16.1. The Balaban J connectivity index is 1.43. The number of nitrogens with zero attached hydrogens (tertiary/aromatic N) is 3. The number of carbonyl (C=O) groups is 5. The van der Waals surface area contributed by atoms with Gasteiger partial charge in [-0.3, -0.25) is 24.2 Å². The third-order valence-electron chi connectivity index (χ3n) is 6.22. The summed E-state index contributed by atoms with van der Waals surface area (Å²) in [6.07, 6.45) is 2.68. The molecule has 0 saturated heterocycles. The lowest BCUT2D eigenvalue weighted by Crippen LogP contribution is -2.42. The van der Waals surface area contributed by atoms with Crippen molar-refractivity contribution in [3.63, 3.8) is 0 Å². The van der Waals surface area contributed by atoms with E-state index in [-0.39, 0.29) is 67.1 Å². The summed E-state index contributed by atoms with van der Waals surface area (Å²) < 4.78 is 0. The molecule has 238 valence electrons. The third-order valence-corrected chi connectivity index (χ3v) is 6.22. The Hall–Kier alpha value is -5.87. The van der Waals surface area contributed by atoms with Crippen molar-refractivity contribution in [2.75, 3.05) is 24.1 Å². The molecule has 0 fully saturated rings. The molecule has 0 saturated carbocycles. The molecule has 3 amide bonds. The zero-order valence-electron chi connectivity index (χ0n) is 24.3. The van der Waals surface area contributed by atoms with Crippen molar-refractivity contribution < 1.29 is 34.2 Å². The number of anilines is 2. The van der Waals surface area contributed by atoms with Crippen LogP contribution in [0.4, 0.5) is 11.6 Å². The van der Waals surface area contributed by atoms with Gasteiger partial charge in [-0.1, -0.05) is 13.0 Å². The number of rotatable bonds is 16. The molecule has 1 atom stereocenters. The van der Waals surface area contributed by atoms with Gasteiger partial charge in [0.25, 0.3) is 11.5 Å². The van der Waals surface area contributed by atoms with E-state index >= 15 is 0 Å². The van der Waals surface area contributed by atoms with E-state index in [0.717, 1.165) is 0 Å². The van der Waals surface area contributed by atoms with Crippen molar-refractivity contribution in [3.05, 3.63) is 63.7 Å². The third kappa shape index (κ3) is 10.4. The van der Waals surface area contributed by atoms with E-state index in [1.165, 1.54) is 24.4 Å². The van der Waals surface area contributed by atoms with Crippen LogP contribution in [0.15, 0.2) is 46.9 Å². The highest BCUT2D eigenvalue weighted by Gasteiger charge is 2.22. The number of fused-ring (bicyclic) bond motifs is 1. The van der Waals surface area contributed by atoms with Gasteiger partial charge < -0.3 is 37.2 Å². The molecule has 17 nitrogen and oxygen atoms in total. The minimum atomic E-state index is -1.33. The van der Waals surface area contributed by atoms with Gasteiger partial charge in [0, 0.05) is 36.3 Å². The average Bonchev–Trinajstić information content (AvgIpc) is 3.00. The first kappa shape index (κ1) is 33.6. The van der Waals surface area contributed by atoms with E-state index in [1.54, 1.807) is 19.1 Å². The molecule has 0 bridgehead atoms. The number of carboxylic acid groups (broad SMARTS) is 2. The monoisotopic (exact) mass is 623 g/mol. The zero-order chi connectivity index (χ0) is 32.9. The molecular weight excluding hydrogens is 590 g/mol.